The average molecular weight is 341 g/mol. The van der Waals surface area contributed by atoms with Gasteiger partial charge in [0.1, 0.15) is 5.75 Å². The van der Waals surface area contributed by atoms with Crippen LogP contribution in [0, 0.1) is 0 Å². The van der Waals surface area contributed by atoms with Gasteiger partial charge in [-0.1, -0.05) is 35.0 Å². The SMILES string of the molecule is CP(=S)(NC1=NCCS1)Oc1ccc(Cl)cc1Cl. The highest BCUT2D eigenvalue weighted by atomic mass is 35.5. The molecule has 1 unspecified atom stereocenters. The molecular formula is C10H11Cl2N2OPS2. The summed E-state index contributed by atoms with van der Waals surface area (Å²) < 4.78 is 5.78. The van der Waals surface area contributed by atoms with Gasteiger partial charge in [-0.15, -0.1) is 0 Å². The van der Waals surface area contributed by atoms with Crippen molar-refractivity contribution in [2.24, 2.45) is 4.99 Å². The van der Waals surface area contributed by atoms with Crippen LogP contribution in [0.15, 0.2) is 23.2 Å². The van der Waals surface area contributed by atoms with Crippen LogP contribution < -0.4 is 9.61 Å². The molecule has 0 aromatic heterocycles. The number of hydrogen-bond acceptors (Lipinski definition) is 4. The van der Waals surface area contributed by atoms with Gasteiger partial charge in [-0.3, -0.25) is 4.99 Å². The highest BCUT2D eigenvalue weighted by Gasteiger charge is 2.18. The summed E-state index contributed by atoms with van der Waals surface area (Å²) in [5.74, 6) is 1.53. The van der Waals surface area contributed by atoms with E-state index in [0.29, 0.717) is 15.8 Å². The maximum atomic E-state index is 6.05. The van der Waals surface area contributed by atoms with Gasteiger partial charge in [0.15, 0.2) is 5.17 Å². The van der Waals surface area contributed by atoms with E-state index in [4.69, 9.17) is 39.5 Å². The normalized spacial score (nSPS) is 18.1. The van der Waals surface area contributed by atoms with Gasteiger partial charge in [0, 0.05) is 17.4 Å². The molecule has 1 aliphatic rings. The number of aliphatic imine (C=N–C) groups is 1. The molecule has 0 aliphatic carbocycles. The number of amidine groups is 1. The lowest BCUT2D eigenvalue weighted by Gasteiger charge is -2.21. The smallest absolute Gasteiger partial charge is 0.200 e. The second-order valence-electron chi connectivity index (χ2n) is 3.66. The maximum absolute atomic E-state index is 6.05. The summed E-state index contributed by atoms with van der Waals surface area (Å²) in [5, 5.41) is 5.05. The quantitative estimate of drug-likeness (QED) is 0.843. The fourth-order valence-corrected chi connectivity index (χ4v) is 4.85. The Bertz CT molecular complexity index is 539. The Kier molecular flexibility index (Phi) is 4.84. The van der Waals surface area contributed by atoms with Gasteiger partial charge in [-0.2, -0.15) is 0 Å². The summed E-state index contributed by atoms with van der Waals surface area (Å²) in [5.41, 5.74) is 0. The highest BCUT2D eigenvalue weighted by Crippen LogP contribution is 2.43. The molecule has 98 valence electrons. The third-order valence-corrected chi connectivity index (χ3v) is 5.28. The van der Waals surface area contributed by atoms with E-state index in [2.05, 4.69) is 10.1 Å². The molecule has 8 heteroatoms. The molecule has 18 heavy (non-hydrogen) atoms. The number of rotatable bonds is 3. The van der Waals surface area contributed by atoms with E-state index in [1.165, 1.54) is 0 Å². The molecule has 0 fully saturated rings. The Morgan fingerprint density at radius 2 is 2.28 bits per heavy atom. The van der Waals surface area contributed by atoms with E-state index in [-0.39, 0.29) is 0 Å². The van der Waals surface area contributed by atoms with Crippen molar-refractivity contribution in [2.45, 2.75) is 0 Å². The van der Waals surface area contributed by atoms with Crippen LogP contribution in [0.4, 0.5) is 0 Å². The van der Waals surface area contributed by atoms with Crippen molar-refractivity contribution in [3.8, 4) is 5.75 Å². The molecular weight excluding hydrogens is 330 g/mol. The zero-order chi connectivity index (χ0) is 13.2. The van der Waals surface area contributed by atoms with Crippen LogP contribution >= 0.6 is 41.4 Å². The monoisotopic (exact) mass is 340 g/mol. The molecule has 1 atom stereocenters. The van der Waals surface area contributed by atoms with E-state index in [0.717, 1.165) is 17.5 Å². The minimum atomic E-state index is -2.20. The van der Waals surface area contributed by atoms with Gasteiger partial charge < -0.3 is 9.61 Å². The lowest BCUT2D eigenvalue weighted by atomic mass is 10.3. The number of thioether (sulfide) groups is 1. The van der Waals surface area contributed by atoms with Crippen molar-refractivity contribution in [1.29, 1.82) is 0 Å². The molecule has 0 spiro atoms. The van der Waals surface area contributed by atoms with E-state index >= 15 is 0 Å². The summed E-state index contributed by atoms with van der Waals surface area (Å²) >= 11 is 19.0. The first-order chi connectivity index (χ1) is 8.46. The Hall–Kier alpha value is 0.0700. The number of nitrogens with zero attached hydrogens (tertiary/aromatic N) is 1. The minimum Gasteiger partial charge on any atom is -0.447 e. The molecule has 1 heterocycles. The van der Waals surface area contributed by atoms with Crippen LogP contribution in [0.1, 0.15) is 0 Å². The van der Waals surface area contributed by atoms with Crippen LogP contribution in [0.5, 0.6) is 5.75 Å². The van der Waals surface area contributed by atoms with Crippen molar-refractivity contribution in [1.82, 2.24) is 5.09 Å². The average Bonchev–Trinajstić information content (AvgIpc) is 2.74. The predicted molar refractivity (Wildman–Crippen MR) is 85.2 cm³/mol. The predicted octanol–water partition coefficient (Wildman–Crippen LogP) is 4.00. The number of hydrogen-bond donors (Lipinski definition) is 1. The van der Waals surface area contributed by atoms with Crippen molar-refractivity contribution < 1.29 is 4.52 Å². The zero-order valence-corrected chi connectivity index (χ0v) is 13.6. The third kappa shape index (κ3) is 4.04. The molecule has 0 bridgehead atoms. The Morgan fingerprint density at radius 1 is 1.50 bits per heavy atom. The number of nitrogens with one attached hydrogen (secondary N) is 1. The van der Waals surface area contributed by atoms with Gasteiger partial charge in [0.05, 0.1) is 11.6 Å². The van der Waals surface area contributed by atoms with Crippen LogP contribution in [-0.4, -0.2) is 24.1 Å². The van der Waals surface area contributed by atoms with Crippen molar-refractivity contribution >= 4 is 58.4 Å². The van der Waals surface area contributed by atoms with Gasteiger partial charge in [-0.25, -0.2) is 0 Å². The largest absolute Gasteiger partial charge is 0.447 e. The van der Waals surface area contributed by atoms with Crippen LogP contribution in [-0.2, 0) is 11.8 Å². The first kappa shape index (κ1) is 14.5. The standard InChI is InChI=1S/C10H11Cl2N2OPS2/c1-16(17,14-10-13-4-5-18-10)15-9-3-2-7(11)6-8(9)12/h2-3,6H,4-5H2,1H3,(H,13,14,17). The summed E-state index contributed by atoms with van der Waals surface area (Å²) in [6.07, 6.45) is -2.20. The van der Waals surface area contributed by atoms with E-state index in [1.54, 1.807) is 30.0 Å². The molecule has 1 N–H and O–H groups in total. The Balaban J connectivity index is 2.09. The molecule has 1 aromatic rings. The highest BCUT2D eigenvalue weighted by molar-refractivity contribution is 8.17. The van der Waals surface area contributed by atoms with Crippen molar-refractivity contribution in [3.63, 3.8) is 0 Å². The summed E-state index contributed by atoms with van der Waals surface area (Å²) in [6, 6.07) is 5.08. The molecule has 2 rings (SSSR count). The topological polar surface area (TPSA) is 33.6 Å². The summed E-state index contributed by atoms with van der Waals surface area (Å²) in [4.78, 5) is 4.29. The van der Waals surface area contributed by atoms with Gasteiger partial charge in [0.2, 0.25) is 6.42 Å². The first-order valence-electron chi connectivity index (χ1n) is 5.14. The second-order valence-corrected chi connectivity index (χ2v) is 9.77. The second kappa shape index (κ2) is 6.02. The fraction of sp³-hybridized carbons (Fsp3) is 0.300. The molecule has 0 amide bonds. The maximum Gasteiger partial charge on any atom is 0.200 e. The van der Waals surface area contributed by atoms with E-state index < -0.39 is 6.42 Å². The minimum absolute atomic E-state index is 0.460. The zero-order valence-electron chi connectivity index (χ0n) is 9.52. The molecule has 1 aliphatic heterocycles. The molecule has 0 radical (unpaired) electrons. The van der Waals surface area contributed by atoms with E-state index in [1.807, 2.05) is 6.66 Å². The van der Waals surface area contributed by atoms with Crippen LogP contribution in [0.3, 0.4) is 0 Å². The van der Waals surface area contributed by atoms with Crippen molar-refractivity contribution in [2.75, 3.05) is 19.0 Å². The Labute approximate surface area is 125 Å². The Morgan fingerprint density at radius 3 is 2.89 bits per heavy atom. The van der Waals surface area contributed by atoms with Gasteiger partial charge >= 0.3 is 0 Å². The lowest BCUT2D eigenvalue weighted by molar-refractivity contribution is 0.612. The molecule has 0 saturated heterocycles. The number of benzene rings is 1. The van der Waals surface area contributed by atoms with Crippen LogP contribution in [0.2, 0.25) is 10.0 Å². The first-order valence-corrected chi connectivity index (χ1v) is 10.0. The molecule has 3 nitrogen and oxygen atoms in total. The molecule has 1 aromatic carbocycles. The molecule has 0 saturated carbocycles. The van der Waals surface area contributed by atoms with Gasteiger partial charge in [0.25, 0.3) is 0 Å². The van der Waals surface area contributed by atoms with E-state index in [9.17, 15) is 0 Å². The fourth-order valence-electron chi connectivity index (χ4n) is 1.34. The van der Waals surface area contributed by atoms with Crippen LogP contribution in [0.25, 0.3) is 0 Å². The van der Waals surface area contributed by atoms with Gasteiger partial charge in [-0.05, 0) is 30.0 Å². The lowest BCUT2D eigenvalue weighted by Crippen LogP contribution is -2.18. The summed E-state index contributed by atoms with van der Waals surface area (Å²) in [6.45, 7) is 2.68. The third-order valence-electron chi connectivity index (χ3n) is 2.05. The number of halogens is 2. The van der Waals surface area contributed by atoms with Crippen molar-refractivity contribution in [3.05, 3.63) is 28.2 Å². The summed E-state index contributed by atoms with van der Waals surface area (Å²) in [7, 11) is 0.